The molecule has 0 bridgehead atoms. The van der Waals surface area contributed by atoms with Gasteiger partial charge in [-0.15, -0.1) is 0 Å². The lowest BCUT2D eigenvalue weighted by atomic mass is 10.2. The van der Waals surface area contributed by atoms with E-state index in [9.17, 15) is 21.6 Å². The van der Waals surface area contributed by atoms with Gasteiger partial charge in [-0.2, -0.15) is 13.2 Å². The van der Waals surface area contributed by atoms with Crippen molar-refractivity contribution in [3.63, 3.8) is 0 Å². The van der Waals surface area contributed by atoms with Crippen LogP contribution in [0.1, 0.15) is 11.1 Å². The molecular weight excluding hydrogens is 385 g/mol. The molecule has 0 unspecified atom stereocenters. The molecule has 2 rings (SSSR count). The molecule has 0 aliphatic carbocycles. The molecule has 0 saturated carbocycles. The molecule has 0 radical (unpaired) electrons. The first kappa shape index (κ1) is 16.8. The standard InChI is InChI=1S/C13H10BrF3N2O2S/c14-10-5-8(7-22(20)21)1-2-11(10)19-12-6-9(3-4-18-12)13(15,16)17/h1-6,22H,7H2,(H,18,19). The van der Waals surface area contributed by atoms with Crippen LogP contribution in [0.2, 0.25) is 0 Å². The normalized spacial score (nSPS) is 11.7. The van der Waals surface area contributed by atoms with Crippen LogP contribution in [0.5, 0.6) is 0 Å². The number of nitrogens with zero attached hydrogens (tertiary/aromatic N) is 1. The third kappa shape index (κ3) is 4.44. The number of hydrogen-bond donors (Lipinski definition) is 2. The Kier molecular flexibility index (Phi) is 5.07. The van der Waals surface area contributed by atoms with E-state index >= 15 is 0 Å². The summed E-state index contributed by atoms with van der Waals surface area (Å²) in [7, 11) is -2.54. The van der Waals surface area contributed by atoms with E-state index in [0.717, 1.165) is 18.3 Å². The van der Waals surface area contributed by atoms with Crippen molar-refractivity contribution >= 4 is 38.1 Å². The highest BCUT2D eigenvalue weighted by atomic mass is 79.9. The van der Waals surface area contributed by atoms with E-state index in [1.807, 2.05) is 0 Å². The summed E-state index contributed by atoms with van der Waals surface area (Å²) in [6.07, 6.45) is -3.38. The number of alkyl halides is 3. The van der Waals surface area contributed by atoms with Crippen LogP contribution in [0.3, 0.4) is 0 Å². The lowest BCUT2D eigenvalue weighted by Gasteiger charge is -2.11. The Morgan fingerprint density at radius 2 is 1.91 bits per heavy atom. The van der Waals surface area contributed by atoms with E-state index < -0.39 is 22.4 Å². The summed E-state index contributed by atoms with van der Waals surface area (Å²) in [5.41, 5.74) is 0.253. The quantitative estimate of drug-likeness (QED) is 0.775. The van der Waals surface area contributed by atoms with Gasteiger partial charge < -0.3 is 5.32 Å². The molecule has 0 fully saturated rings. The third-order valence-corrected chi connectivity index (χ3v) is 3.97. The SMILES string of the molecule is O=[SH](=O)Cc1ccc(Nc2cc(C(F)(F)F)ccn2)c(Br)c1. The van der Waals surface area contributed by atoms with Crippen molar-refractivity contribution in [2.45, 2.75) is 11.9 Å². The summed E-state index contributed by atoms with van der Waals surface area (Å²) in [5.74, 6) is -0.0612. The maximum Gasteiger partial charge on any atom is 0.416 e. The van der Waals surface area contributed by atoms with Gasteiger partial charge in [0.2, 0.25) is 0 Å². The van der Waals surface area contributed by atoms with Crippen molar-refractivity contribution < 1.29 is 21.6 Å². The highest BCUT2D eigenvalue weighted by Gasteiger charge is 2.30. The summed E-state index contributed by atoms with van der Waals surface area (Å²) in [5, 5.41) is 2.76. The fourth-order valence-electron chi connectivity index (χ4n) is 1.72. The monoisotopic (exact) mass is 394 g/mol. The Balaban J connectivity index is 2.24. The molecule has 0 aliphatic heterocycles. The number of hydrogen-bond acceptors (Lipinski definition) is 4. The molecule has 22 heavy (non-hydrogen) atoms. The molecule has 0 amide bonds. The zero-order chi connectivity index (χ0) is 16.3. The van der Waals surface area contributed by atoms with Crippen LogP contribution >= 0.6 is 15.9 Å². The first-order chi connectivity index (χ1) is 10.3. The predicted octanol–water partition coefficient (Wildman–Crippen LogP) is 3.72. The second-order valence-electron chi connectivity index (χ2n) is 4.36. The maximum absolute atomic E-state index is 12.6. The number of thiol groups is 1. The molecule has 118 valence electrons. The molecule has 0 aliphatic rings. The van der Waals surface area contributed by atoms with Crippen molar-refractivity contribution in [2.75, 3.05) is 5.32 Å². The van der Waals surface area contributed by atoms with Crippen molar-refractivity contribution in [1.82, 2.24) is 4.98 Å². The fourth-order valence-corrected chi connectivity index (χ4v) is 2.74. The number of benzene rings is 1. The summed E-state index contributed by atoms with van der Waals surface area (Å²) >= 11 is 3.24. The second-order valence-corrected chi connectivity index (χ2v) is 6.19. The highest BCUT2D eigenvalue weighted by molar-refractivity contribution is 9.10. The Morgan fingerprint density at radius 3 is 2.50 bits per heavy atom. The van der Waals surface area contributed by atoms with Gasteiger partial charge >= 0.3 is 6.18 Å². The maximum atomic E-state index is 12.6. The smallest absolute Gasteiger partial charge is 0.339 e. The van der Waals surface area contributed by atoms with Crippen LogP contribution in [0.4, 0.5) is 24.7 Å². The van der Waals surface area contributed by atoms with Crippen molar-refractivity contribution in [3.8, 4) is 0 Å². The minimum Gasteiger partial charge on any atom is -0.339 e. The Bertz CT molecular complexity index is 755. The molecule has 1 heterocycles. The lowest BCUT2D eigenvalue weighted by Crippen LogP contribution is -2.06. The molecule has 1 aromatic heterocycles. The van der Waals surface area contributed by atoms with E-state index in [0.29, 0.717) is 15.7 Å². The van der Waals surface area contributed by atoms with Crippen molar-refractivity contribution in [3.05, 3.63) is 52.1 Å². The third-order valence-electron chi connectivity index (χ3n) is 2.70. The van der Waals surface area contributed by atoms with E-state index in [-0.39, 0.29) is 11.6 Å². The number of halogens is 4. The molecule has 1 N–H and O–H groups in total. The minimum atomic E-state index is -4.44. The number of aromatic nitrogens is 1. The first-order valence-electron chi connectivity index (χ1n) is 5.96. The summed E-state index contributed by atoms with van der Waals surface area (Å²) in [6.45, 7) is 0. The van der Waals surface area contributed by atoms with Crippen LogP contribution in [-0.2, 0) is 22.6 Å². The van der Waals surface area contributed by atoms with Gasteiger partial charge in [-0.05, 0) is 45.8 Å². The van der Waals surface area contributed by atoms with Gasteiger partial charge in [0.05, 0.1) is 17.0 Å². The van der Waals surface area contributed by atoms with Crippen LogP contribution in [0.15, 0.2) is 41.0 Å². The topological polar surface area (TPSA) is 59.1 Å². The average Bonchev–Trinajstić information content (AvgIpc) is 2.41. The molecule has 0 atom stereocenters. The molecule has 2 aromatic rings. The average molecular weight is 395 g/mol. The lowest BCUT2D eigenvalue weighted by molar-refractivity contribution is -0.137. The second kappa shape index (κ2) is 6.66. The van der Waals surface area contributed by atoms with E-state index in [4.69, 9.17) is 0 Å². The first-order valence-corrected chi connectivity index (χ1v) is 8.12. The molecule has 1 aromatic carbocycles. The number of anilines is 2. The molecule has 0 saturated heterocycles. The van der Waals surface area contributed by atoms with Gasteiger partial charge in [-0.3, -0.25) is 0 Å². The van der Waals surface area contributed by atoms with E-state index in [1.165, 1.54) is 0 Å². The number of rotatable bonds is 4. The summed E-state index contributed by atoms with van der Waals surface area (Å²) in [6, 6.07) is 6.51. The molecule has 4 nitrogen and oxygen atoms in total. The fraction of sp³-hybridized carbons (Fsp3) is 0.154. The van der Waals surface area contributed by atoms with Crippen molar-refractivity contribution in [1.29, 1.82) is 0 Å². The molecule has 9 heteroatoms. The van der Waals surface area contributed by atoms with Crippen LogP contribution in [0.25, 0.3) is 0 Å². The Hall–Kier alpha value is -1.61. The molecular formula is C13H10BrF3N2O2S. The highest BCUT2D eigenvalue weighted by Crippen LogP contribution is 2.32. The zero-order valence-electron chi connectivity index (χ0n) is 10.9. The van der Waals surface area contributed by atoms with Gasteiger partial charge in [0.25, 0.3) is 0 Å². The van der Waals surface area contributed by atoms with Crippen LogP contribution in [0, 0.1) is 0 Å². The summed E-state index contributed by atoms with van der Waals surface area (Å²) in [4.78, 5) is 3.83. The van der Waals surface area contributed by atoms with Crippen molar-refractivity contribution in [2.24, 2.45) is 0 Å². The number of pyridine rings is 1. The van der Waals surface area contributed by atoms with E-state index in [1.54, 1.807) is 18.2 Å². The Morgan fingerprint density at radius 1 is 1.18 bits per heavy atom. The van der Waals surface area contributed by atoms with Gasteiger partial charge in [0, 0.05) is 10.7 Å². The van der Waals surface area contributed by atoms with Gasteiger partial charge in [-0.25, -0.2) is 13.4 Å². The van der Waals surface area contributed by atoms with Gasteiger partial charge in [-0.1, -0.05) is 6.07 Å². The van der Waals surface area contributed by atoms with Crippen LogP contribution < -0.4 is 5.32 Å². The predicted molar refractivity (Wildman–Crippen MR) is 80.7 cm³/mol. The minimum absolute atomic E-state index is 0.0400. The summed E-state index contributed by atoms with van der Waals surface area (Å²) < 4.78 is 59.8. The van der Waals surface area contributed by atoms with Gasteiger partial charge in [0.15, 0.2) is 0 Å². The van der Waals surface area contributed by atoms with E-state index in [2.05, 4.69) is 26.2 Å². The molecule has 0 spiro atoms. The van der Waals surface area contributed by atoms with Gasteiger partial charge in [0.1, 0.15) is 16.5 Å². The van der Waals surface area contributed by atoms with Crippen LogP contribution in [-0.4, -0.2) is 13.4 Å². The number of nitrogens with one attached hydrogen (secondary N) is 1. The largest absolute Gasteiger partial charge is 0.416 e. The Labute approximate surface area is 134 Å². The zero-order valence-corrected chi connectivity index (χ0v) is 13.4.